The zero-order valence-corrected chi connectivity index (χ0v) is 16.2. The lowest BCUT2D eigenvalue weighted by Gasteiger charge is -2.34. The molecular weight excluding hydrogens is 350 g/mol. The van der Waals surface area contributed by atoms with E-state index in [9.17, 15) is 4.79 Å². The van der Waals surface area contributed by atoms with E-state index < -0.39 is 0 Å². The summed E-state index contributed by atoms with van der Waals surface area (Å²) < 4.78 is 6.03. The Hall–Kier alpha value is -2.11. The molecule has 0 saturated carbocycles. The summed E-state index contributed by atoms with van der Waals surface area (Å²) in [5.41, 5.74) is 3.67. The van der Waals surface area contributed by atoms with Crippen LogP contribution in [0.25, 0.3) is 10.9 Å². The average Bonchev–Trinajstić information content (AvgIpc) is 3.36. The number of hydrogen-bond donors (Lipinski definition) is 3. The molecule has 1 unspecified atom stereocenters. The van der Waals surface area contributed by atoms with Gasteiger partial charge in [0.15, 0.2) is 11.6 Å². The molecule has 4 aliphatic rings. The summed E-state index contributed by atoms with van der Waals surface area (Å²) in [7, 11) is 0. The van der Waals surface area contributed by atoms with Gasteiger partial charge in [0.2, 0.25) is 0 Å². The second-order valence-corrected chi connectivity index (χ2v) is 9.13. The summed E-state index contributed by atoms with van der Waals surface area (Å²) in [6, 6.07) is 10.1. The summed E-state index contributed by atoms with van der Waals surface area (Å²) in [6.07, 6.45) is 11.0. The van der Waals surface area contributed by atoms with E-state index in [1.807, 2.05) is 0 Å². The quantitative estimate of drug-likeness (QED) is 0.534. The first kappa shape index (κ1) is 16.8. The number of nitrogens with two attached hydrogens (primary N) is 1. The number of quaternary nitrogens is 2. The molecule has 5 heteroatoms. The Morgan fingerprint density at radius 3 is 3.18 bits per heavy atom. The van der Waals surface area contributed by atoms with E-state index >= 15 is 0 Å². The van der Waals surface area contributed by atoms with E-state index in [1.54, 1.807) is 4.90 Å². The molecule has 1 aliphatic carbocycles. The van der Waals surface area contributed by atoms with Gasteiger partial charge in [0, 0.05) is 29.9 Å². The van der Waals surface area contributed by atoms with Gasteiger partial charge in [0.25, 0.3) is 0 Å². The van der Waals surface area contributed by atoms with Crippen LogP contribution in [0.2, 0.25) is 0 Å². The summed E-state index contributed by atoms with van der Waals surface area (Å²) in [4.78, 5) is 17.3. The fourth-order valence-electron chi connectivity index (χ4n) is 6.63. The van der Waals surface area contributed by atoms with Crippen molar-refractivity contribution < 1.29 is 19.7 Å². The van der Waals surface area contributed by atoms with Gasteiger partial charge >= 0.3 is 5.97 Å². The number of H-pyrrole nitrogens is 1. The van der Waals surface area contributed by atoms with Crippen molar-refractivity contribution in [3.05, 3.63) is 47.7 Å². The highest BCUT2D eigenvalue weighted by atomic mass is 16.6. The Morgan fingerprint density at radius 1 is 1.29 bits per heavy atom. The van der Waals surface area contributed by atoms with Crippen LogP contribution in [-0.4, -0.2) is 47.8 Å². The van der Waals surface area contributed by atoms with Crippen LogP contribution in [0.1, 0.15) is 37.7 Å². The van der Waals surface area contributed by atoms with Crippen LogP contribution in [0.5, 0.6) is 0 Å². The van der Waals surface area contributed by atoms with Gasteiger partial charge in [-0.1, -0.05) is 18.2 Å². The Kier molecular flexibility index (Phi) is 3.72. The van der Waals surface area contributed by atoms with Gasteiger partial charge in [-0.15, -0.1) is 0 Å². The predicted octanol–water partition coefficient (Wildman–Crippen LogP) is 0.478. The highest BCUT2D eigenvalue weighted by Crippen LogP contribution is 2.46. The van der Waals surface area contributed by atoms with Crippen LogP contribution in [0.15, 0.2) is 42.1 Å². The number of piperidine rings is 1. The minimum absolute atomic E-state index is 0.00346. The first-order valence-corrected chi connectivity index (χ1v) is 10.9. The Bertz CT molecular complexity index is 964. The normalized spacial score (nSPS) is 36.1. The van der Waals surface area contributed by atoms with E-state index in [-0.39, 0.29) is 11.6 Å². The number of carbonyl (C=O) groups excluding carboxylic acids is 1. The third kappa shape index (κ3) is 2.36. The number of aromatic nitrogens is 1. The van der Waals surface area contributed by atoms with Crippen molar-refractivity contribution in [2.75, 3.05) is 13.1 Å². The minimum atomic E-state index is -0.251. The highest BCUT2D eigenvalue weighted by Gasteiger charge is 2.67. The van der Waals surface area contributed by atoms with Gasteiger partial charge in [0.1, 0.15) is 12.1 Å². The van der Waals surface area contributed by atoms with Gasteiger partial charge < -0.3 is 19.9 Å². The Morgan fingerprint density at radius 2 is 2.21 bits per heavy atom. The van der Waals surface area contributed by atoms with Gasteiger partial charge in [-0.05, 0) is 36.1 Å². The maximum atomic E-state index is 12.2. The van der Waals surface area contributed by atoms with Gasteiger partial charge in [-0.25, -0.2) is 0 Å². The first-order chi connectivity index (χ1) is 13.7. The fourth-order valence-corrected chi connectivity index (χ4v) is 6.63. The summed E-state index contributed by atoms with van der Waals surface area (Å²) in [6.45, 7) is 2.31. The van der Waals surface area contributed by atoms with Gasteiger partial charge in [-0.2, -0.15) is 0 Å². The SMILES string of the molecule is O=C1CC2=C[C@H]([NH2+]CCc3c[nH]c4ccccc34)[C@H]3C[C@@]2(O1)[C@H]1CCCC[NH+]31. The van der Waals surface area contributed by atoms with E-state index in [0.717, 1.165) is 19.4 Å². The molecule has 3 saturated heterocycles. The molecule has 1 aromatic heterocycles. The second-order valence-electron chi connectivity index (χ2n) is 9.13. The molecule has 2 bridgehead atoms. The number of benzene rings is 1. The Labute approximate surface area is 165 Å². The van der Waals surface area contributed by atoms with Crippen LogP contribution in [0.4, 0.5) is 0 Å². The number of para-hydroxylation sites is 1. The van der Waals surface area contributed by atoms with Crippen molar-refractivity contribution in [2.24, 2.45) is 0 Å². The monoisotopic (exact) mass is 379 g/mol. The maximum Gasteiger partial charge on any atom is 0.311 e. The average molecular weight is 380 g/mol. The van der Waals surface area contributed by atoms with Crippen LogP contribution >= 0.6 is 0 Å². The van der Waals surface area contributed by atoms with Crippen LogP contribution in [-0.2, 0) is 16.0 Å². The van der Waals surface area contributed by atoms with Crippen molar-refractivity contribution >= 4 is 16.9 Å². The van der Waals surface area contributed by atoms with Crippen molar-refractivity contribution in [1.29, 1.82) is 0 Å². The van der Waals surface area contributed by atoms with E-state index in [0.29, 0.717) is 24.5 Å². The minimum Gasteiger partial charge on any atom is -0.448 e. The van der Waals surface area contributed by atoms with Crippen molar-refractivity contribution in [2.45, 2.75) is 62.3 Å². The van der Waals surface area contributed by atoms with Crippen molar-refractivity contribution in [3.63, 3.8) is 0 Å². The lowest BCUT2D eigenvalue weighted by atomic mass is 9.78. The largest absolute Gasteiger partial charge is 0.448 e. The molecule has 3 fully saturated rings. The molecule has 5 nitrogen and oxygen atoms in total. The zero-order valence-electron chi connectivity index (χ0n) is 16.2. The lowest BCUT2D eigenvalue weighted by Crippen LogP contribution is -3.21. The standard InChI is InChI=1S/C23H27N3O2/c27-22-12-16-11-19(20-13-23(16,28-22)21-7-3-4-10-26(20)21)24-9-8-15-14-25-18-6-2-1-5-17(15)18/h1-2,5-6,11,14,19-21,24-25H,3-4,7-10,12-13H2/p+2/t19-,20+,21+,23-/m0/s1. The predicted molar refractivity (Wildman–Crippen MR) is 106 cm³/mol. The van der Waals surface area contributed by atoms with Crippen LogP contribution < -0.4 is 10.2 Å². The van der Waals surface area contributed by atoms with E-state index in [1.165, 1.54) is 47.8 Å². The molecule has 6 rings (SSSR count). The molecule has 4 N–H and O–H groups in total. The van der Waals surface area contributed by atoms with Crippen LogP contribution in [0.3, 0.4) is 0 Å². The highest BCUT2D eigenvalue weighted by molar-refractivity contribution is 5.83. The molecule has 4 heterocycles. The number of esters is 1. The van der Waals surface area contributed by atoms with Crippen molar-refractivity contribution in [3.8, 4) is 0 Å². The van der Waals surface area contributed by atoms with Gasteiger partial charge in [0.05, 0.1) is 25.9 Å². The Balaban J connectivity index is 1.22. The number of fused-ring (bicyclic) bond motifs is 4. The number of ether oxygens (including phenoxy) is 1. The van der Waals surface area contributed by atoms with Gasteiger partial charge in [-0.3, -0.25) is 4.79 Å². The summed E-state index contributed by atoms with van der Waals surface area (Å²) in [5.74, 6) is -0.00346. The number of rotatable bonds is 4. The molecule has 1 spiro atoms. The third-order valence-electron chi connectivity index (χ3n) is 7.78. The molecule has 0 radical (unpaired) electrons. The number of hydrogen-bond acceptors (Lipinski definition) is 2. The topological polar surface area (TPSA) is 63.1 Å². The first-order valence-electron chi connectivity index (χ1n) is 10.9. The van der Waals surface area contributed by atoms with E-state index in [4.69, 9.17) is 4.74 Å². The number of carbonyl (C=O) groups is 1. The van der Waals surface area contributed by atoms with Crippen molar-refractivity contribution in [1.82, 2.24) is 4.98 Å². The lowest BCUT2D eigenvalue weighted by molar-refractivity contribution is -0.958. The number of aromatic amines is 1. The molecule has 2 aromatic rings. The van der Waals surface area contributed by atoms with E-state index in [2.05, 4.69) is 46.8 Å². The smallest absolute Gasteiger partial charge is 0.311 e. The van der Waals surface area contributed by atoms with Crippen LogP contribution in [0, 0.1) is 0 Å². The third-order valence-corrected chi connectivity index (χ3v) is 7.78. The number of nitrogens with one attached hydrogen (secondary N) is 2. The fraction of sp³-hybridized carbons (Fsp3) is 0.522. The molecule has 28 heavy (non-hydrogen) atoms. The summed E-state index contributed by atoms with van der Waals surface area (Å²) in [5, 5.41) is 3.87. The molecule has 0 amide bonds. The zero-order chi connectivity index (χ0) is 18.7. The molecule has 3 aliphatic heterocycles. The summed E-state index contributed by atoms with van der Waals surface area (Å²) >= 11 is 0. The molecule has 5 atom stereocenters. The molecular formula is C23H29N3O2+2. The maximum absolute atomic E-state index is 12.2. The molecule has 1 aromatic carbocycles. The molecule has 146 valence electrons. The second kappa shape index (κ2) is 6.19.